The monoisotopic (exact) mass is 299 g/mol. The maximum atomic E-state index is 13.1. The molecule has 0 radical (unpaired) electrons. The van der Waals surface area contributed by atoms with Gasteiger partial charge in [-0.1, -0.05) is 24.3 Å². The lowest BCUT2D eigenvalue weighted by Gasteiger charge is -2.16. The van der Waals surface area contributed by atoms with Crippen molar-refractivity contribution in [2.24, 2.45) is 5.92 Å². The Morgan fingerprint density at radius 3 is 2.64 bits per heavy atom. The van der Waals surface area contributed by atoms with E-state index in [0.29, 0.717) is 0 Å². The van der Waals surface area contributed by atoms with Gasteiger partial charge < -0.3 is 9.64 Å². The second-order valence-electron chi connectivity index (χ2n) is 5.12. The molecule has 0 saturated carbocycles. The zero-order valence-electron chi connectivity index (χ0n) is 11.7. The van der Waals surface area contributed by atoms with Crippen molar-refractivity contribution in [3.63, 3.8) is 0 Å². The van der Waals surface area contributed by atoms with Gasteiger partial charge in [0.2, 0.25) is 5.91 Å². The molecule has 2 aromatic rings. The van der Waals surface area contributed by atoms with Crippen LogP contribution in [0.25, 0.3) is 0 Å². The second kappa shape index (κ2) is 5.97. The standard InChI is InChI=1S/C17H14FNO3/c18-13-5-4-8-15(10-13)22-17(21)12-9-16(20)19(11-12)14-6-2-1-3-7-14/h1-8,10,12H,9,11H2/t12-/m0/s1. The number of para-hydroxylation sites is 1. The number of nitrogens with zero attached hydrogens (tertiary/aromatic N) is 1. The van der Waals surface area contributed by atoms with Gasteiger partial charge >= 0.3 is 5.97 Å². The van der Waals surface area contributed by atoms with Crippen LogP contribution in [-0.2, 0) is 9.59 Å². The molecule has 4 nitrogen and oxygen atoms in total. The van der Waals surface area contributed by atoms with E-state index >= 15 is 0 Å². The zero-order valence-corrected chi connectivity index (χ0v) is 11.7. The van der Waals surface area contributed by atoms with Crippen LogP contribution in [0.2, 0.25) is 0 Å². The van der Waals surface area contributed by atoms with Crippen molar-refractivity contribution in [3.05, 3.63) is 60.4 Å². The number of halogens is 1. The molecular weight excluding hydrogens is 285 g/mol. The van der Waals surface area contributed by atoms with Crippen molar-refractivity contribution in [1.82, 2.24) is 0 Å². The van der Waals surface area contributed by atoms with E-state index in [2.05, 4.69) is 0 Å². The summed E-state index contributed by atoms with van der Waals surface area (Å²) >= 11 is 0. The number of benzene rings is 2. The molecule has 1 aliphatic heterocycles. The fourth-order valence-electron chi connectivity index (χ4n) is 2.45. The van der Waals surface area contributed by atoms with Gasteiger partial charge in [0, 0.05) is 24.7 Å². The molecule has 1 heterocycles. The fourth-order valence-corrected chi connectivity index (χ4v) is 2.45. The number of amides is 1. The molecule has 0 spiro atoms. The highest BCUT2D eigenvalue weighted by Crippen LogP contribution is 2.26. The molecule has 1 fully saturated rings. The van der Waals surface area contributed by atoms with Gasteiger partial charge in [0.1, 0.15) is 11.6 Å². The molecule has 0 unspecified atom stereocenters. The highest BCUT2D eigenvalue weighted by atomic mass is 19.1. The van der Waals surface area contributed by atoms with Crippen molar-refractivity contribution < 1.29 is 18.7 Å². The van der Waals surface area contributed by atoms with Crippen LogP contribution in [0, 0.1) is 11.7 Å². The summed E-state index contributed by atoms with van der Waals surface area (Å²) in [7, 11) is 0. The molecular formula is C17H14FNO3. The van der Waals surface area contributed by atoms with Crippen LogP contribution < -0.4 is 9.64 Å². The maximum Gasteiger partial charge on any atom is 0.316 e. The second-order valence-corrected chi connectivity index (χ2v) is 5.12. The highest BCUT2D eigenvalue weighted by Gasteiger charge is 2.36. The van der Waals surface area contributed by atoms with E-state index < -0.39 is 17.7 Å². The number of esters is 1. The zero-order chi connectivity index (χ0) is 15.5. The van der Waals surface area contributed by atoms with E-state index in [4.69, 9.17) is 4.74 Å². The van der Waals surface area contributed by atoms with Crippen molar-refractivity contribution in [2.75, 3.05) is 11.4 Å². The largest absolute Gasteiger partial charge is 0.426 e. The molecule has 0 aromatic heterocycles. The lowest BCUT2D eigenvalue weighted by molar-refractivity contribution is -0.139. The highest BCUT2D eigenvalue weighted by molar-refractivity contribution is 5.99. The number of carbonyl (C=O) groups excluding carboxylic acids is 2. The van der Waals surface area contributed by atoms with E-state index in [9.17, 15) is 14.0 Å². The van der Waals surface area contributed by atoms with Gasteiger partial charge in [-0.3, -0.25) is 9.59 Å². The molecule has 3 rings (SSSR count). The van der Waals surface area contributed by atoms with Crippen LogP contribution in [0.1, 0.15) is 6.42 Å². The molecule has 0 N–H and O–H groups in total. The summed E-state index contributed by atoms with van der Waals surface area (Å²) < 4.78 is 18.2. The van der Waals surface area contributed by atoms with Gasteiger partial charge in [0.15, 0.2) is 0 Å². The molecule has 0 aliphatic carbocycles. The van der Waals surface area contributed by atoms with Gasteiger partial charge in [-0.25, -0.2) is 4.39 Å². The topological polar surface area (TPSA) is 46.6 Å². The van der Waals surface area contributed by atoms with Gasteiger partial charge in [-0.05, 0) is 24.3 Å². The van der Waals surface area contributed by atoms with Crippen LogP contribution in [0.3, 0.4) is 0 Å². The molecule has 1 aliphatic rings. The smallest absolute Gasteiger partial charge is 0.316 e. The molecule has 1 atom stereocenters. The third-order valence-electron chi connectivity index (χ3n) is 3.54. The third kappa shape index (κ3) is 2.98. The molecule has 5 heteroatoms. The van der Waals surface area contributed by atoms with E-state index in [-0.39, 0.29) is 24.6 Å². The molecule has 1 saturated heterocycles. The molecule has 2 aromatic carbocycles. The average molecular weight is 299 g/mol. The van der Waals surface area contributed by atoms with Crippen molar-refractivity contribution in [3.8, 4) is 5.75 Å². The summed E-state index contributed by atoms with van der Waals surface area (Å²) in [6.07, 6.45) is 0.100. The number of hydrogen-bond donors (Lipinski definition) is 0. The van der Waals surface area contributed by atoms with Crippen molar-refractivity contribution >= 4 is 17.6 Å². The van der Waals surface area contributed by atoms with Crippen LogP contribution in [0.5, 0.6) is 5.75 Å². The van der Waals surface area contributed by atoms with Gasteiger partial charge in [0.25, 0.3) is 0 Å². The SMILES string of the molecule is O=C(Oc1cccc(F)c1)[C@H]1CC(=O)N(c2ccccc2)C1. The van der Waals surface area contributed by atoms with Gasteiger partial charge in [-0.2, -0.15) is 0 Å². The molecule has 1 amide bonds. The Kier molecular flexibility index (Phi) is 3.87. The molecule has 112 valence electrons. The predicted molar refractivity (Wildman–Crippen MR) is 78.9 cm³/mol. The maximum absolute atomic E-state index is 13.1. The van der Waals surface area contributed by atoms with Crippen molar-refractivity contribution in [2.45, 2.75) is 6.42 Å². The Balaban J connectivity index is 1.69. The van der Waals surface area contributed by atoms with E-state index in [1.54, 1.807) is 4.90 Å². The minimum Gasteiger partial charge on any atom is -0.426 e. The summed E-state index contributed by atoms with van der Waals surface area (Å²) in [5.41, 5.74) is 0.758. The summed E-state index contributed by atoms with van der Waals surface area (Å²) in [6.45, 7) is 0.275. The van der Waals surface area contributed by atoms with Crippen LogP contribution in [-0.4, -0.2) is 18.4 Å². The van der Waals surface area contributed by atoms with E-state index in [1.165, 1.54) is 18.2 Å². The predicted octanol–water partition coefficient (Wildman–Crippen LogP) is 2.78. The first kappa shape index (κ1) is 14.3. The van der Waals surface area contributed by atoms with Crippen LogP contribution >= 0.6 is 0 Å². The number of hydrogen-bond acceptors (Lipinski definition) is 3. The average Bonchev–Trinajstić information content (AvgIpc) is 2.90. The summed E-state index contributed by atoms with van der Waals surface area (Å²) in [6, 6.07) is 14.6. The van der Waals surface area contributed by atoms with Crippen molar-refractivity contribution in [1.29, 1.82) is 0 Å². The number of carbonyl (C=O) groups is 2. The first-order valence-electron chi connectivity index (χ1n) is 6.96. The summed E-state index contributed by atoms with van der Waals surface area (Å²) in [5, 5.41) is 0. The Morgan fingerprint density at radius 2 is 1.91 bits per heavy atom. The number of ether oxygens (including phenoxy) is 1. The minimum absolute atomic E-state index is 0.100. The minimum atomic E-state index is -0.545. The summed E-state index contributed by atoms with van der Waals surface area (Å²) in [4.78, 5) is 25.7. The molecule has 22 heavy (non-hydrogen) atoms. The van der Waals surface area contributed by atoms with Crippen LogP contribution in [0.15, 0.2) is 54.6 Å². The fraction of sp³-hybridized carbons (Fsp3) is 0.176. The van der Waals surface area contributed by atoms with Gasteiger partial charge in [0.05, 0.1) is 5.92 Å². The first-order chi connectivity index (χ1) is 10.6. The third-order valence-corrected chi connectivity index (χ3v) is 3.54. The quantitative estimate of drug-likeness (QED) is 0.647. The van der Waals surface area contributed by atoms with E-state index in [0.717, 1.165) is 11.8 Å². The Hall–Kier alpha value is -2.69. The Morgan fingerprint density at radius 1 is 1.14 bits per heavy atom. The van der Waals surface area contributed by atoms with E-state index in [1.807, 2.05) is 30.3 Å². The molecule has 0 bridgehead atoms. The number of anilines is 1. The Labute approximate surface area is 127 Å². The lowest BCUT2D eigenvalue weighted by Crippen LogP contribution is -2.27. The Bertz CT molecular complexity index is 702. The summed E-state index contributed by atoms with van der Waals surface area (Å²) in [5.74, 6) is -1.50. The van der Waals surface area contributed by atoms with Crippen LogP contribution in [0.4, 0.5) is 10.1 Å². The first-order valence-corrected chi connectivity index (χ1v) is 6.96. The number of rotatable bonds is 3. The normalized spacial score (nSPS) is 17.6. The lowest BCUT2D eigenvalue weighted by atomic mass is 10.1. The van der Waals surface area contributed by atoms with Gasteiger partial charge in [-0.15, -0.1) is 0 Å².